The van der Waals surface area contributed by atoms with Crippen LogP contribution in [-0.2, 0) is 6.54 Å². The standard InChI is InChI=1S/C21H27FN6O3/c1-3-27-19-12(10-24-20(26-19)25-14-6-4-13(23)5-7-14)11-28(21(27)30)16-8-15(31-2)9-17(29)18(16)22/h8-10,13-14,29H,3-7,11,23H2,1-2H3,(H,24,25,26). The van der Waals surface area contributed by atoms with Crippen molar-refractivity contribution < 1.29 is 19.0 Å². The minimum Gasteiger partial charge on any atom is -0.505 e. The lowest BCUT2D eigenvalue weighted by atomic mass is 9.92. The minimum absolute atomic E-state index is 0.0632. The number of fused-ring (bicyclic) bond motifs is 1. The molecule has 1 fully saturated rings. The first kappa shape index (κ1) is 21.1. The van der Waals surface area contributed by atoms with E-state index < -0.39 is 17.6 Å². The summed E-state index contributed by atoms with van der Waals surface area (Å²) < 4.78 is 19.8. The summed E-state index contributed by atoms with van der Waals surface area (Å²) in [5.41, 5.74) is 6.59. The number of anilines is 3. The van der Waals surface area contributed by atoms with Crippen LogP contribution < -0.4 is 25.6 Å². The lowest BCUT2D eigenvalue weighted by Crippen LogP contribution is -2.48. The van der Waals surface area contributed by atoms with Crippen molar-refractivity contribution in [1.82, 2.24) is 9.97 Å². The molecule has 4 N–H and O–H groups in total. The Labute approximate surface area is 180 Å². The molecule has 0 saturated heterocycles. The molecule has 166 valence electrons. The molecular weight excluding hydrogens is 403 g/mol. The molecule has 2 heterocycles. The van der Waals surface area contributed by atoms with Gasteiger partial charge in [0.05, 0.1) is 19.3 Å². The summed E-state index contributed by atoms with van der Waals surface area (Å²) in [7, 11) is 1.41. The first-order valence-electron chi connectivity index (χ1n) is 10.4. The van der Waals surface area contributed by atoms with Crippen molar-refractivity contribution in [2.75, 3.05) is 28.8 Å². The molecule has 1 aliphatic carbocycles. The fourth-order valence-electron chi connectivity index (χ4n) is 4.09. The molecule has 0 spiro atoms. The van der Waals surface area contributed by atoms with E-state index in [-0.39, 0.29) is 30.1 Å². The molecule has 2 amide bonds. The van der Waals surface area contributed by atoms with Gasteiger partial charge in [0.15, 0.2) is 11.6 Å². The molecule has 4 rings (SSSR count). The average molecular weight is 430 g/mol. The zero-order valence-electron chi connectivity index (χ0n) is 17.6. The Balaban J connectivity index is 1.63. The number of carbonyl (C=O) groups is 1. The van der Waals surface area contributed by atoms with Gasteiger partial charge in [-0.3, -0.25) is 9.80 Å². The van der Waals surface area contributed by atoms with Crippen LogP contribution in [-0.4, -0.2) is 46.8 Å². The molecule has 2 aliphatic rings. The van der Waals surface area contributed by atoms with Gasteiger partial charge in [0, 0.05) is 42.5 Å². The lowest BCUT2D eigenvalue weighted by Gasteiger charge is -2.36. The maximum absolute atomic E-state index is 14.7. The van der Waals surface area contributed by atoms with E-state index in [4.69, 9.17) is 10.5 Å². The highest BCUT2D eigenvalue weighted by molar-refractivity contribution is 6.05. The van der Waals surface area contributed by atoms with Crippen LogP contribution in [0.2, 0.25) is 0 Å². The largest absolute Gasteiger partial charge is 0.505 e. The number of aromatic hydroxyl groups is 1. The highest BCUT2D eigenvalue weighted by Crippen LogP contribution is 2.37. The number of nitrogens with one attached hydrogen (secondary N) is 1. The molecular formula is C21H27FN6O3. The highest BCUT2D eigenvalue weighted by atomic mass is 19.1. The molecule has 0 unspecified atom stereocenters. The number of phenols is 1. The Kier molecular flexibility index (Phi) is 5.81. The topological polar surface area (TPSA) is 117 Å². The first-order valence-corrected chi connectivity index (χ1v) is 10.4. The van der Waals surface area contributed by atoms with E-state index in [2.05, 4.69) is 15.3 Å². The van der Waals surface area contributed by atoms with Crippen LogP contribution in [0.15, 0.2) is 18.3 Å². The lowest BCUT2D eigenvalue weighted by molar-refractivity contribution is 0.250. The number of carbonyl (C=O) groups excluding carboxylic acids is 1. The van der Waals surface area contributed by atoms with Crippen LogP contribution in [0.3, 0.4) is 0 Å². The first-order chi connectivity index (χ1) is 14.9. The van der Waals surface area contributed by atoms with E-state index >= 15 is 0 Å². The Morgan fingerprint density at radius 2 is 2.06 bits per heavy atom. The third kappa shape index (κ3) is 4.07. The second kappa shape index (κ2) is 8.54. The monoisotopic (exact) mass is 430 g/mol. The summed E-state index contributed by atoms with van der Waals surface area (Å²) in [5.74, 6) is -0.258. The number of aromatic nitrogens is 2. The quantitative estimate of drug-likeness (QED) is 0.668. The second-order valence-corrected chi connectivity index (χ2v) is 7.89. The number of benzene rings is 1. The highest BCUT2D eigenvalue weighted by Gasteiger charge is 2.34. The number of nitrogens with zero attached hydrogens (tertiary/aromatic N) is 4. The van der Waals surface area contributed by atoms with Gasteiger partial charge in [-0.1, -0.05) is 0 Å². The molecule has 1 aromatic heterocycles. The molecule has 2 aromatic rings. The molecule has 1 saturated carbocycles. The van der Waals surface area contributed by atoms with E-state index in [1.54, 1.807) is 6.20 Å². The summed E-state index contributed by atoms with van der Waals surface area (Å²) in [6.45, 7) is 2.24. The van der Waals surface area contributed by atoms with Crippen LogP contribution >= 0.6 is 0 Å². The maximum Gasteiger partial charge on any atom is 0.330 e. The van der Waals surface area contributed by atoms with Gasteiger partial charge in [-0.25, -0.2) is 14.2 Å². The van der Waals surface area contributed by atoms with Crippen LogP contribution in [0.25, 0.3) is 0 Å². The molecule has 0 bridgehead atoms. The maximum atomic E-state index is 14.7. The average Bonchev–Trinajstić information content (AvgIpc) is 2.77. The molecule has 31 heavy (non-hydrogen) atoms. The van der Waals surface area contributed by atoms with E-state index in [1.165, 1.54) is 23.0 Å². The van der Waals surface area contributed by atoms with Crippen LogP contribution in [0, 0.1) is 5.82 Å². The molecule has 1 aliphatic heterocycles. The van der Waals surface area contributed by atoms with Crippen molar-refractivity contribution in [2.24, 2.45) is 5.73 Å². The van der Waals surface area contributed by atoms with Crippen LogP contribution in [0.1, 0.15) is 38.2 Å². The number of amides is 2. The molecule has 9 nitrogen and oxygen atoms in total. The van der Waals surface area contributed by atoms with Gasteiger partial charge < -0.3 is 20.9 Å². The van der Waals surface area contributed by atoms with E-state index in [9.17, 15) is 14.3 Å². The van der Waals surface area contributed by atoms with Gasteiger partial charge in [0.2, 0.25) is 5.95 Å². The summed E-state index contributed by atoms with van der Waals surface area (Å²) in [6.07, 6.45) is 5.46. The number of urea groups is 1. The van der Waals surface area contributed by atoms with Gasteiger partial charge >= 0.3 is 6.03 Å². The summed E-state index contributed by atoms with van der Waals surface area (Å²) >= 11 is 0. The number of ether oxygens (including phenoxy) is 1. The third-order valence-corrected chi connectivity index (χ3v) is 5.84. The smallest absolute Gasteiger partial charge is 0.330 e. The van der Waals surface area contributed by atoms with E-state index in [1.807, 2.05) is 6.92 Å². The number of hydrogen-bond acceptors (Lipinski definition) is 7. The molecule has 1 aromatic carbocycles. The van der Waals surface area contributed by atoms with E-state index in [0.717, 1.165) is 31.7 Å². The zero-order chi connectivity index (χ0) is 22.1. The number of phenolic OH excluding ortho intramolecular Hbond substituents is 1. The number of methoxy groups -OCH3 is 1. The Bertz CT molecular complexity index is 980. The Hall–Kier alpha value is -3.14. The third-order valence-electron chi connectivity index (χ3n) is 5.84. The SMILES string of the molecule is CCN1C(=O)N(c2cc(OC)cc(O)c2F)Cc2cnc(NC3CCC(N)CC3)nc21. The normalized spacial score (nSPS) is 21.1. The Morgan fingerprint density at radius 1 is 1.32 bits per heavy atom. The zero-order valence-corrected chi connectivity index (χ0v) is 17.6. The molecule has 10 heteroatoms. The predicted molar refractivity (Wildman–Crippen MR) is 115 cm³/mol. The predicted octanol–water partition coefficient (Wildman–Crippen LogP) is 2.98. The number of halogens is 1. The number of rotatable bonds is 5. The van der Waals surface area contributed by atoms with Crippen LogP contribution in [0.5, 0.6) is 11.5 Å². The van der Waals surface area contributed by atoms with Crippen molar-refractivity contribution in [1.29, 1.82) is 0 Å². The molecule has 0 atom stereocenters. The second-order valence-electron chi connectivity index (χ2n) is 7.89. The van der Waals surface area contributed by atoms with E-state index in [0.29, 0.717) is 23.9 Å². The van der Waals surface area contributed by atoms with Crippen molar-refractivity contribution >= 4 is 23.5 Å². The van der Waals surface area contributed by atoms with Gasteiger partial charge in [-0.15, -0.1) is 0 Å². The van der Waals surface area contributed by atoms with Crippen LogP contribution in [0.4, 0.5) is 26.6 Å². The summed E-state index contributed by atoms with van der Waals surface area (Å²) in [6, 6.07) is 2.61. The van der Waals surface area contributed by atoms with Gasteiger partial charge in [-0.2, -0.15) is 4.98 Å². The van der Waals surface area contributed by atoms with Crippen molar-refractivity contribution in [2.45, 2.75) is 51.2 Å². The molecule has 0 radical (unpaired) electrons. The van der Waals surface area contributed by atoms with Gasteiger partial charge in [0.25, 0.3) is 0 Å². The minimum atomic E-state index is -0.886. The Morgan fingerprint density at radius 3 is 2.74 bits per heavy atom. The number of hydrogen-bond donors (Lipinski definition) is 3. The van der Waals surface area contributed by atoms with Gasteiger partial charge in [0.1, 0.15) is 11.6 Å². The summed E-state index contributed by atoms with van der Waals surface area (Å²) in [5, 5.41) is 13.3. The summed E-state index contributed by atoms with van der Waals surface area (Å²) in [4.78, 5) is 24.9. The fraction of sp³-hybridized carbons (Fsp3) is 0.476. The van der Waals surface area contributed by atoms with Crippen molar-refractivity contribution in [3.8, 4) is 11.5 Å². The fourth-order valence-corrected chi connectivity index (χ4v) is 4.09. The number of nitrogens with two attached hydrogens (primary N) is 1. The van der Waals surface area contributed by atoms with Gasteiger partial charge in [-0.05, 0) is 32.6 Å². The van der Waals surface area contributed by atoms with Crippen molar-refractivity contribution in [3.63, 3.8) is 0 Å². The van der Waals surface area contributed by atoms with Crippen molar-refractivity contribution in [3.05, 3.63) is 29.7 Å².